The Morgan fingerprint density at radius 3 is 2.05 bits per heavy atom. The largest absolute Gasteiger partial charge is 0.497 e. The van der Waals surface area contributed by atoms with Gasteiger partial charge in [-0.15, -0.1) is 0 Å². The predicted octanol–water partition coefficient (Wildman–Crippen LogP) is 4.12. The molecular formula is C30H36ClN3O8S. The summed E-state index contributed by atoms with van der Waals surface area (Å²) in [5.41, 5.74) is 0.762. The van der Waals surface area contributed by atoms with Crippen LogP contribution in [0.1, 0.15) is 18.9 Å². The summed E-state index contributed by atoms with van der Waals surface area (Å²) in [4.78, 5) is 28.3. The normalized spacial score (nSPS) is 11.7. The third-order valence-corrected chi connectivity index (χ3v) is 8.78. The second-order valence-corrected chi connectivity index (χ2v) is 11.6. The van der Waals surface area contributed by atoms with E-state index in [4.69, 9.17) is 30.5 Å². The lowest BCUT2D eigenvalue weighted by Crippen LogP contribution is -2.51. The Hall–Kier alpha value is -4.16. The highest BCUT2D eigenvalue weighted by Gasteiger charge is 2.35. The summed E-state index contributed by atoms with van der Waals surface area (Å²) in [6.07, 6.45) is 0.282. The van der Waals surface area contributed by atoms with Crippen molar-refractivity contribution in [2.24, 2.45) is 0 Å². The maximum atomic E-state index is 14.3. The van der Waals surface area contributed by atoms with Crippen molar-refractivity contribution in [2.45, 2.75) is 30.8 Å². The van der Waals surface area contributed by atoms with Crippen LogP contribution in [-0.4, -0.2) is 73.2 Å². The molecular weight excluding hydrogens is 598 g/mol. The smallest absolute Gasteiger partial charge is 0.265 e. The lowest BCUT2D eigenvalue weighted by molar-refractivity contribution is -0.140. The lowest BCUT2D eigenvalue weighted by Gasteiger charge is -2.33. The van der Waals surface area contributed by atoms with E-state index in [9.17, 15) is 18.0 Å². The molecule has 2 amide bonds. The van der Waals surface area contributed by atoms with E-state index in [1.54, 1.807) is 43.3 Å². The van der Waals surface area contributed by atoms with Gasteiger partial charge in [0.05, 0.1) is 39.0 Å². The number of hydrogen-bond donors (Lipinski definition) is 1. The summed E-state index contributed by atoms with van der Waals surface area (Å²) < 4.78 is 51.0. The summed E-state index contributed by atoms with van der Waals surface area (Å²) in [6, 6.07) is 14.7. The summed E-state index contributed by atoms with van der Waals surface area (Å²) in [5, 5.41) is 3.11. The molecule has 232 valence electrons. The summed E-state index contributed by atoms with van der Waals surface area (Å²) in [6.45, 7) is 1.13. The van der Waals surface area contributed by atoms with Crippen LogP contribution in [0.25, 0.3) is 0 Å². The van der Waals surface area contributed by atoms with Crippen molar-refractivity contribution in [3.63, 3.8) is 0 Å². The second-order valence-electron chi connectivity index (χ2n) is 9.25. The molecule has 13 heteroatoms. The van der Waals surface area contributed by atoms with Gasteiger partial charge in [-0.25, -0.2) is 8.42 Å². The fourth-order valence-electron chi connectivity index (χ4n) is 4.48. The first-order valence-electron chi connectivity index (χ1n) is 13.3. The SMILES string of the molecule is CCC(C(=O)NC)N(Cc1ccc(Cl)cc1)C(=O)CN(c1cc(OC)ccc1OC)S(=O)(=O)c1ccc(OC)c(OC)c1. The van der Waals surface area contributed by atoms with Gasteiger partial charge in [-0.1, -0.05) is 30.7 Å². The van der Waals surface area contributed by atoms with Crippen LogP contribution in [0.4, 0.5) is 5.69 Å². The van der Waals surface area contributed by atoms with E-state index in [-0.39, 0.29) is 35.0 Å². The topological polar surface area (TPSA) is 124 Å². The van der Waals surface area contributed by atoms with Crippen molar-refractivity contribution in [3.05, 3.63) is 71.2 Å². The van der Waals surface area contributed by atoms with Gasteiger partial charge in [-0.2, -0.15) is 0 Å². The molecule has 1 atom stereocenters. The van der Waals surface area contributed by atoms with Crippen LogP contribution in [0.15, 0.2) is 65.6 Å². The van der Waals surface area contributed by atoms with Crippen LogP contribution in [0.5, 0.6) is 23.0 Å². The Morgan fingerprint density at radius 2 is 1.49 bits per heavy atom. The molecule has 0 saturated heterocycles. The van der Waals surface area contributed by atoms with Gasteiger partial charge in [0, 0.05) is 30.7 Å². The van der Waals surface area contributed by atoms with Gasteiger partial charge in [0.15, 0.2) is 11.5 Å². The third kappa shape index (κ3) is 7.63. The zero-order valence-electron chi connectivity index (χ0n) is 24.9. The van der Waals surface area contributed by atoms with Crippen LogP contribution in [-0.2, 0) is 26.2 Å². The van der Waals surface area contributed by atoms with E-state index in [0.29, 0.717) is 22.1 Å². The van der Waals surface area contributed by atoms with Crippen LogP contribution >= 0.6 is 11.6 Å². The van der Waals surface area contributed by atoms with Crippen molar-refractivity contribution in [1.82, 2.24) is 10.2 Å². The highest BCUT2D eigenvalue weighted by molar-refractivity contribution is 7.92. The number of methoxy groups -OCH3 is 4. The van der Waals surface area contributed by atoms with Gasteiger partial charge in [0.1, 0.15) is 24.1 Å². The quantitative estimate of drug-likeness (QED) is 0.281. The molecule has 0 bridgehead atoms. The minimum Gasteiger partial charge on any atom is -0.497 e. The molecule has 1 N–H and O–H groups in total. The third-order valence-electron chi connectivity index (χ3n) is 6.78. The van der Waals surface area contributed by atoms with E-state index in [2.05, 4.69) is 5.32 Å². The number of carbonyl (C=O) groups excluding carboxylic acids is 2. The Balaban J connectivity index is 2.19. The number of ether oxygens (including phenoxy) is 4. The second kappa shape index (κ2) is 14.8. The fourth-order valence-corrected chi connectivity index (χ4v) is 6.04. The molecule has 0 saturated carbocycles. The molecule has 0 aliphatic carbocycles. The molecule has 1 unspecified atom stereocenters. The predicted molar refractivity (Wildman–Crippen MR) is 164 cm³/mol. The van der Waals surface area contributed by atoms with E-state index in [1.807, 2.05) is 0 Å². The van der Waals surface area contributed by atoms with Gasteiger partial charge in [-0.05, 0) is 48.4 Å². The minimum absolute atomic E-state index is 0.0292. The Labute approximate surface area is 257 Å². The van der Waals surface area contributed by atoms with Gasteiger partial charge in [0.25, 0.3) is 10.0 Å². The first kappa shape index (κ1) is 33.3. The molecule has 0 spiro atoms. The number of nitrogens with zero attached hydrogens (tertiary/aromatic N) is 2. The van der Waals surface area contributed by atoms with Crippen molar-refractivity contribution in [1.29, 1.82) is 0 Å². The van der Waals surface area contributed by atoms with E-state index >= 15 is 0 Å². The summed E-state index contributed by atoms with van der Waals surface area (Å²) >= 11 is 6.06. The molecule has 0 heterocycles. The number of nitrogens with one attached hydrogen (secondary N) is 1. The minimum atomic E-state index is -4.44. The first-order chi connectivity index (χ1) is 20.5. The van der Waals surface area contributed by atoms with Crippen molar-refractivity contribution in [2.75, 3.05) is 46.3 Å². The Morgan fingerprint density at radius 1 is 0.860 bits per heavy atom. The number of halogens is 1. The number of sulfonamides is 1. The highest BCUT2D eigenvalue weighted by Crippen LogP contribution is 2.38. The number of hydrogen-bond acceptors (Lipinski definition) is 8. The average Bonchev–Trinajstić information content (AvgIpc) is 3.03. The molecule has 0 aromatic heterocycles. The van der Waals surface area contributed by atoms with Crippen molar-refractivity contribution in [3.8, 4) is 23.0 Å². The van der Waals surface area contributed by atoms with Gasteiger partial charge in [0.2, 0.25) is 11.8 Å². The maximum absolute atomic E-state index is 14.3. The van der Waals surface area contributed by atoms with Gasteiger partial charge >= 0.3 is 0 Å². The molecule has 43 heavy (non-hydrogen) atoms. The molecule has 0 fully saturated rings. The molecule has 0 radical (unpaired) electrons. The maximum Gasteiger partial charge on any atom is 0.265 e. The monoisotopic (exact) mass is 633 g/mol. The number of rotatable bonds is 14. The summed E-state index contributed by atoms with van der Waals surface area (Å²) in [5.74, 6) is 0.0132. The van der Waals surface area contributed by atoms with Crippen LogP contribution < -0.4 is 28.6 Å². The standard InChI is InChI=1S/C30H36ClN3O8S/c1-7-24(30(36)32-2)33(18-20-8-10-21(31)11-9-20)29(35)19-34(25-16-22(39-3)12-14-26(25)40-4)43(37,38)23-13-15-27(41-5)28(17-23)42-6/h8-17,24H,7,18-19H2,1-6H3,(H,32,36). The van der Waals surface area contributed by atoms with Gasteiger partial charge < -0.3 is 29.2 Å². The molecule has 3 aromatic carbocycles. The van der Waals surface area contributed by atoms with Crippen molar-refractivity contribution < 1.29 is 37.0 Å². The van der Waals surface area contributed by atoms with E-state index in [1.165, 1.54) is 64.7 Å². The Kier molecular flexibility index (Phi) is 11.5. The summed E-state index contributed by atoms with van der Waals surface area (Å²) in [7, 11) is 2.69. The zero-order valence-corrected chi connectivity index (χ0v) is 26.5. The lowest BCUT2D eigenvalue weighted by atomic mass is 10.1. The van der Waals surface area contributed by atoms with E-state index in [0.717, 1.165) is 4.31 Å². The van der Waals surface area contributed by atoms with Crippen LogP contribution in [0.2, 0.25) is 5.02 Å². The zero-order chi connectivity index (χ0) is 31.7. The molecule has 3 aromatic rings. The first-order valence-corrected chi connectivity index (χ1v) is 15.1. The molecule has 3 rings (SSSR count). The van der Waals surface area contributed by atoms with Crippen LogP contribution in [0.3, 0.4) is 0 Å². The molecule has 11 nitrogen and oxygen atoms in total. The van der Waals surface area contributed by atoms with Crippen LogP contribution in [0, 0.1) is 0 Å². The highest BCUT2D eigenvalue weighted by atomic mass is 35.5. The van der Waals surface area contributed by atoms with E-state index < -0.39 is 34.4 Å². The number of likely N-dealkylation sites (N-methyl/N-ethyl adjacent to an activating group) is 1. The molecule has 0 aliphatic rings. The number of carbonyl (C=O) groups is 2. The number of benzene rings is 3. The van der Waals surface area contributed by atoms with Crippen molar-refractivity contribution >= 4 is 39.1 Å². The average molecular weight is 634 g/mol. The fraction of sp³-hybridized carbons (Fsp3) is 0.333. The number of amides is 2. The Bertz CT molecular complexity index is 1530. The molecule has 0 aliphatic heterocycles. The number of anilines is 1. The van der Waals surface area contributed by atoms with Gasteiger partial charge in [-0.3, -0.25) is 13.9 Å².